The first-order chi connectivity index (χ1) is 7.02. The smallest absolute Gasteiger partial charge is 0.319 e. The van der Waals surface area contributed by atoms with Crippen molar-refractivity contribution in [2.24, 2.45) is 5.41 Å². The number of esters is 1. The first-order valence-corrected chi connectivity index (χ1v) is 5.20. The van der Waals surface area contributed by atoms with Crippen molar-refractivity contribution in [2.45, 2.75) is 33.1 Å². The number of nitrogens with one attached hydrogen (secondary N) is 1. The van der Waals surface area contributed by atoms with Gasteiger partial charge in [-0.2, -0.15) is 5.26 Å². The van der Waals surface area contributed by atoms with E-state index in [1.54, 1.807) is 0 Å². The molecular formula is C11H20N2O2. The fourth-order valence-electron chi connectivity index (χ4n) is 1.14. The highest BCUT2D eigenvalue weighted by Crippen LogP contribution is 2.21. The lowest BCUT2D eigenvalue weighted by atomic mass is 9.89. The standard InChI is InChI=1S/C11H20N2O2/c1-11(2,9-12)6-4-5-7-13-8-10(14)15-3/h13H,4-8H2,1-3H3. The summed E-state index contributed by atoms with van der Waals surface area (Å²) in [5.41, 5.74) is -0.234. The van der Waals surface area contributed by atoms with Crippen LogP contribution in [0.5, 0.6) is 0 Å². The Morgan fingerprint density at radius 2 is 2.13 bits per heavy atom. The first kappa shape index (κ1) is 13.9. The van der Waals surface area contributed by atoms with Gasteiger partial charge in [-0.15, -0.1) is 0 Å². The summed E-state index contributed by atoms with van der Waals surface area (Å²) in [6.07, 6.45) is 2.86. The summed E-state index contributed by atoms with van der Waals surface area (Å²) in [7, 11) is 1.37. The Bertz CT molecular complexity index is 231. The lowest BCUT2D eigenvalue weighted by Crippen LogP contribution is -2.24. The molecule has 0 aliphatic heterocycles. The summed E-state index contributed by atoms with van der Waals surface area (Å²) < 4.78 is 4.48. The molecule has 0 fully saturated rings. The van der Waals surface area contributed by atoms with E-state index in [1.807, 2.05) is 13.8 Å². The zero-order valence-corrected chi connectivity index (χ0v) is 9.80. The van der Waals surface area contributed by atoms with E-state index >= 15 is 0 Å². The van der Waals surface area contributed by atoms with Crippen molar-refractivity contribution in [1.82, 2.24) is 5.32 Å². The van der Waals surface area contributed by atoms with E-state index in [0.29, 0.717) is 0 Å². The Kier molecular flexibility index (Phi) is 6.72. The monoisotopic (exact) mass is 212 g/mol. The molecule has 0 aliphatic rings. The van der Waals surface area contributed by atoms with Crippen LogP contribution in [0.4, 0.5) is 0 Å². The molecule has 86 valence electrons. The van der Waals surface area contributed by atoms with Crippen LogP contribution in [0.15, 0.2) is 0 Å². The molecule has 0 aromatic carbocycles. The third-order valence-electron chi connectivity index (χ3n) is 2.21. The minimum Gasteiger partial charge on any atom is -0.468 e. The largest absolute Gasteiger partial charge is 0.468 e. The van der Waals surface area contributed by atoms with Gasteiger partial charge in [-0.3, -0.25) is 4.79 Å². The lowest BCUT2D eigenvalue weighted by Gasteiger charge is -2.14. The zero-order valence-electron chi connectivity index (χ0n) is 9.80. The van der Waals surface area contributed by atoms with Crippen LogP contribution in [0.3, 0.4) is 0 Å². The second-order valence-corrected chi connectivity index (χ2v) is 4.21. The van der Waals surface area contributed by atoms with Crippen molar-refractivity contribution in [3.63, 3.8) is 0 Å². The third-order valence-corrected chi connectivity index (χ3v) is 2.21. The zero-order chi connectivity index (χ0) is 11.7. The first-order valence-electron chi connectivity index (χ1n) is 5.20. The number of methoxy groups -OCH3 is 1. The second kappa shape index (κ2) is 7.24. The average molecular weight is 212 g/mol. The second-order valence-electron chi connectivity index (χ2n) is 4.21. The highest BCUT2D eigenvalue weighted by Gasteiger charge is 2.15. The summed E-state index contributed by atoms with van der Waals surface area (Å²) in [5, 5.41) is 11.8. The van der Waals surface area contributed by atoms with Crippen molar-refractivity contribution >= 4 is 5.97 Å². The Morgan fingerprint density at radius 1 is 1.47 bits per heavy atom. The van der Waals surface area contributed by atoms with E-state index in [0.717, 1.165) is 25.8 Å². The average Bonchev–Trinajstić information content (AvgIpc) is 2.22. The van der Waals surface area contributed by atoms with E-state index in [9.17, 15) is 4.79 Å². The maximum Gasteiger partial charge on any atom is 0.319 e. The number of rotatable bonds is 7. The molecule has 0 aliphatic carbocycles. The highest BCUT2D eigenvalue weighted by atomic mass is 16.5. The molecule has 0 radical (unpaired) electrons. The number of ether oxygens (including phenoxy) is 1. The molecule has 0 spiro atoms. The van der Waals surface area contributed by atoms with Gasteiger partial charge in [0.2, 0.25) is 0 Å². The molecule has 0 saturated heterocycles. The molecule has 0 aromatic rings. The van der Waals surface area contributed by atoms with Gasteiger partial charge in [-0.1, -0.05) is 6.42 Å². The van der Waals surface area contributed by atoms with Gasteiger partial charge in [0.1, 0.15) is 0 Å². The molecule has 1 N–H and O–H groups in total. The molecule has 0 atom stereocenters. The Morgan fingerprint density at radius 3 is 2.67 bits per heavy atom. The molecule has 4 heteroatoms. The lowest BCUT2D eigenvalue weighted by molar-refractivity contribution is -0.139. The van der Waals surface area contributed by atoms with Gasteiger partial charge in [-0.05, 0) is 33.2 Å². The Hall–Kier alpha value is -1.08. The van der Waals surface area contributed by atoms with Crippen LogP contribution < -0.4 is 5.32 Å². The van der Waals surface area contributed by atoms with Crippen LogP contribution in [0.25, 0.3) is 0 Å². The molecule has 0 saturated carbocycles. The number of carbonyl (C=O) groups excluding carboxylic acids is 1. The summed E-state index contributed by atoms with van der Waals surface area (Å²) >= 11 is 0. The van der Waals surface area contributed by atoms with Crippen LogP contribution >= 0.6 is 0 Å². The Balaban J connectivity index is 3.34. The van der Waals surface area contributed by atoms with E-state index in [4.69, 9.17) is 5.26 Å². The van der Waals surface area contributed by atoms with E-state index in [2.05, 4.69) is 16.1 Å². The number of nitriles is 1. The van der Waals surface area contributed by atoms with Crippen molar-refractivity contribution in [2.75, 3.05) is 20.2 Å². The van der Waals surface area contributed by atoms with Gasteiger partial charge in [0.05, 0.1) is 25.1 Å². The normalized spacial score (nSPS) is 10.8. The van der Waals surface area contributed by atoms with Crippen LogP contribution in [0.2, 0.25) is 0 Å². The molecule has 0 rings (SSSR count). The predicted molar refractivity (Wildman–Crippen MR) is 58.1 cm³/mol. The molecule has 15 heavy (non-hydrogen) atoms. The number of nitrogens with zero attached hydrogens (tertiary/aromatic N) is 1. The van der Waals surface area contributed by atoms with Gasteiger partial charge in [0.15, 0.2) is 0 Å². The van der Waals surface area contributed by atoms with Crippen molar-refractivity contribution in [3.8, 4) is 6.07 Å². The van der Waals surface area contributed by atoms with Gasteiger partial charge in [0, 0.05) is 0 Å². The number of unbranched alkanes of at least 4 members (excludes halogenated alkanes) is 1. The quantitative estimate of drug-likeness (QED) is 0.512. The Labute approximate surface area is 91.6 Å². The van der Waals surface area contributed by atoms with Gasteiger partial charge < -0.3 is 10.1 Å². The summed E-state index contributed by atoms with van der Waals surface area (Å²) in [6.45, 7) is 4.93. The van der Waals surface area contributed by atoms with Gasteiger partial charge in [0.25, 0.3) is 0 Å². The van der Waals surface area contributed by atoms with Crippen LogP contribution in [-0.4, -0.2) is 26.2 Å². The number of hydrogen-bond donors (Lipinski definition) is 1. The number of hydrogen-bond acceptors (Lipinski definition) is 4. The predicted octanol–water partition coefficient (Wildman–Crippen LogP) is 1.47. The maximum atomic E-state index is 10.7. The fourth-order valence-corrected chi connectivity index (χ4v) is 1.14. The van der Waals surface area contributed by atoms with Crippen molar-refractivity contribution in [3.05, 3.63) is 0 Å². The topological polar surface area (TPSA) is 62.1 Å². The van der Waals surface area contributed by atoms with Gasteiger partial charge in [-0.25, -0.2) is 0 Å². The molecule has 4 nitrogen and oxygen atoms in total. The highest BCUT2D eigenvalue weighted by molar-refractivity contribution is 5.71. The summed E-state index contributed by atoms with van der Waals surface area (Å²) in [5.74, 6) is -0.243. The molecule has 0 bridgehead atoms. The third kappa shape index (κ3) is 7.95. The minimum atomic E-state index is -0.243. The molecule has 0 heterocycles. The number of carbonyl (C=O) groups is 1. The summed E-state index contributed by atoms with van der Waals surface area (Å²) in [4.78, 5) is 10.7. The molecule has 0 aromatic heterocycles. The minimum absolute atomic E-state index is 0.234. The molecule has 0 amide bonds. The van der Waals surface area contributed by atoms with Crippen molar-refractivity contribution < 1.29 is 9.53 Å². The van der Waals surface area contributed by atoms with E-state index in [-0.39, 0.29) is 17.9 Å². The van der Waals surface area contributed by atoms with Crippen LogP contribution in [-0.2, 0) is 9.53 Å². The van der Waals surface area contributed by atoms with E-state index in [1.165, 1.54) is 7.11 Å². The van der Waals surface area contributed by atoms with Gasteiger partial charge >= 0.3 is 5.97 Å². The van der Waals surface area contributed by atoms with Crippen molar-refractivity contribution in [1.29, 1.82) is 5.26 Å². The van der Waals surface area contributed by atoms with Crippen LogP contribution in [0.1, 0.15) is 33.1 Å². The van der Waals surface area contributed by atoms with Crippen LogP contribution in [0, 0.1) is 16.7 Å². The molecule has 0 unspecified atom stereocenters. The van der Waals surface area contributed by atoms with E-state index < -0.39 is 0 Å². The maximum absolute atomic E-state index is 10.7. The SMILES string of the molecule is COC(=O)CNCCCCC(C)(C)C#N. The fraction of sp³-hybridized carbons (Fsp3) is 0.818. The summed E-state index contributed by atoms with van der Waals surface area (Å²) in [6, 6.07) is 2.27. The molecular weight excluding hydrogens is 192 g/mol.